The number of piperidine rings is 1. The Morgan fingerprint density at radius 3 is 2.80 bits per heavy atom. The highest BCUT2D eigenvalue weighted by atomic mass is 32.1. The fourth-order valence-corrected chi connectivity index (χ4v) is 4.43. The van der Waals surface area contributed by atoms with Gasteiger partial charge in [-0.15, -0.1) is 11.3 Å². The van der Waals surface area contributed by atoms with Crippen molar-refractivity contribution in [3.63, 3.8) is 0 Å². The lowest BCUT2D eigenvalue weighted by molar-refractivity contribution is 0.222. The molecular weight excluding hydrogens is 268 g/mol. The topological polar surface area (TPSA) is 45.4 Å². The second kappa shape index (κ2) is 6.00. The van der Waals surface area contributed by atoms with Crippen LogP contribution in [0.4, 0.5) is 5.13 Å². The Morgan fingerprint density at radius 1 is 1.35 bits per heavy atom. The molecule has 2 heterocycles. The number of hydrogen-bond acceptors (Lipinski definition) is 5. The van der Waals surface area contributed by atoms with E-state index < -0.39 is 0 Å². The summed E-state index contributed by atoms with van der Waals surface area (Å²) in [6.45, 7) is 3.60. The maximum atomic E-state index is 6.21. The maximum Gasteiger partial charge on any atom is 0.185 e. The Balaban J connectivity index is 1.64. The molecule has 1 atom stereocenters. The first-order valence-corrected chi connectivity index (χ1v) is 8.60. The second-order valence-corrected chi connectivity index (χ2v) is 7.44. The summed E-state index contributed by atoms with van der Waals surface area (Å²) in [4.78, 5) is 11.0. The van der Waals surface area contributed by atoms with E-state index >= 15 is 0 Å². The summed E-state index contributed by atoms with van der Waals surface area (Å²) < 4.78 is 0. The molecular formula is C15H26N4S. The van der Waals surface area contributed by atoms with Crippen LogP contribution in [0.2, 0.25) is 0 Å². The number of fused-ring (bicyclic) bond motifs is 1. The molecule has 5 heteroatoms. The van der Waals surface area contributed by atoms with Gasteiger partial charge in [-0.1, -0.05) is 0 Å². The molecule has 0 spiro atoms. The van der Waals surface area contributed by atoms with Gasteiger partial charge in [0.1, 0.15) is 0 Å². The molecule has 1 aliphatic heterocycles. The van der Waals surface area contributed by atoms with Gasteiger partial charge >= 0.3 is 0 Å². The molecule has 1 fully saturated rings. The zero-order chi connectivity index (χ0) is 14.1. The van der Waals surface area contributed by atoms with Gasteiger partial charge < -0.3 is 15.5 Å². The minimum Gasteiger partial charge on any atom is -0.351 e. The number of hydrogen-bond donors (Lipinski definition) is 1. The zero-order valence-electron chi connectivity index (χ0n) is 12.6. The number of anilines is 1. The lowest BCUT2D eigenvalue weighted by Crippen LogP contribution is -2.35. The first-order valence-electron chi connectivity index (χ1n) is 7.78. The van der Waals surface area contributed by atoms with Gasteiger partial charge in [-0.3, -0.25) is 0 Å². The average molecular weight is 294 g/mol. The minimum atomic E-state index is 0.224. The lowest BCUT2D eigenvalue weighted by atomic mass is 9.97. The van der Waals surface area contributed by atoms with Crippen LogP contribution in [0.25, 0.3) is 0 Å². The molecule has 2 N–H and O–H groups in total. The Kier molecular flexibility index (Phi) is 4.29. The van der Waals surface area contributed by atoms with E-state index in [0.29, 0.717) is 0 Å². The van der Waals surface area contributed by atoms with Crippen LogP contribution < -0.4 is 10.6 Å². The van der Waals surface area contributed by atoms with Crippen LogP contribution >= 0.6 is 11.3 Å². The highest BCUT2D eigenvalue weighted by Crippen LogP contribution is 2.36. The van der Waals surface area contributed by atoms with Crippen molar-refractivity contribution >= 4 is 16.5 Å². The summed E-state index contributed by atoms with van der Waals surface area (Å²) in [6.07, 6.45) is 6.04. The summed E-state index contributed by atoms with van der Waals surface area (Å²) in [6, 6.07) is 0.224. The summed E-state index contributed by atoms with van der Waals surface area (Å²) in [5, 5.41) is 1.17. The Hall–Kier alpha value is -0.650. The average Bonchev–Trinajstić information content (AvgIpc) is 2.87. The number of rotatable bonds is 3. The molecule has 1 saturated heterocycles. The van der Waals surface area contributed by atoms with Crippen LogP contribution in [0.5, 0.6) is 0 Å². The van der Waals surface area contributed by atoms with Crippen LogP contribution in [0.1, 0.15) is 42.3 Å². The van der Waals surface area contributed by atoms with E-state index in [0.717, 1.165) is 25.3 Å². The van der Waals surface area contributed by atoms with Crippen molar-refractivity contribution in [3.05, 3.63) is 10.6 Å². The zero-order valence-corrected chi connectivity index (χ0v) is 13.5. The van der Waals surface area contributed by atoms with Crippen molar-refractivity contribution in [2.75, 3.05) is 38.6 Å². The largest absolute Gasteiger partial charge is 0.351 e. The summed E-state index contributed by atoms with van der Waals surface area (Å²) in [5.74, 6) is 0.811. The highest BCUT2D eigenvalue weighted by Gasteiger charge is 2.24. The number of likely N-dealkylation sites (tertiary alicyclic amines) is 1. The van der Waals surface area contributed by atoms with Gasteiger partial charge in [0.25, 0.3) is 0 Å². The molecule has 20 heavy (non-hydrogen) atoms. The van der Waals surface area contributed by atoms with Gasteiger partial charge in [-0.05, 0) is 58.2 Å². The van der Waals surface area contributed by atoms with Crippen LogP contribution in [-0.4, -0.2) is 43.6 Å². The Bertz CT molecular complexity index is 451. The molecule has 0 radical (unpaired) electrons. The van der Waals surface area contributed by atoms with Gasteiger partial charge in [-0.25, -0.2) is 4.98 Å². The van der Waals surface area contributed by atoms with Crippen LogP contribution in [0.3, 0.4) is 0 Å². The van der Waals surface area contributed by atoms with Crippen LogP contribution in [0, 0.1) is 5.92 Å². The Morgan fingerprint density at radius 2 is 2.10 bits per heavy atom. The lowest BCUT2D eigenvalue weighted by Gasteiger charge is -2.31. The SMILES string of the molecule is CN1CCC(CN(C)c2nc3c(s2)C(N)CCC3)CC1. The summed E-state index contributed by atoms with van der Waals surface area (Å²) in [7, 11) is 4.41. The standard InChI is InChI=1S/C15H26N4S/c1-18-8-6-11(7-9-18)10-19(2)15-17-13-5-3-4-12(16)14(13)20-15/h11-12H,3-10,16H2,1-2H3. The smallest absolute Gasteiger partial charge is 0.185 e. The summed E-state index contributed by atoms with van der Waals surface area (Å²) >= 11 is 1.82. The van der Waals surface area contributed by atoms with Crippen molar-refractivity contribution in [2.45, 2.75) is 38.1 Å². The third-order valence-electron chi connectivity index (χ3n) is 4.68. The quantitative estimate of drug-likeness (QED) is 0.929. The van der Waals surface area contributed by atoms with Gasteiger partial charge in [0, 0.05) is 24.5 Å². The molecule has 1 unspecified atom stereocenters. The van der Waals surface area contributed by atoms with Crippen LogP contribution in [0.15, 0.2) is 0 Å². The molecule has 112 valence electrons. The molecule has 1 aromatic heterocycles. The second-order valence-electron chi connectivity index (χ2n) is 6.43. The van der Waals surface area contributed by atoms with Gasteiger partial charge in [-0.2, -0.15) is 0 Å². The van der Waals surface area contributed by atoms with Crippen molar-refractivity contribution in [1.82, 2.24) is 9.88 Å². The number of nitrogens with zero attached hydrogens (tertiary/aromatic N) is 3. The Labute approximate surface area is 126 Å². The van der Waals surface area contributed by atoms with E-state index in [2.05, 4.69) is 23.9 Å². The molecule has 0 bridgehead atoms. The molecule has 0 saturated carbocycles. The minimum absolute atomic E-state index is 0.224. The fourth-order valence-electron chi connectivity index (χ4n) is 3.31. The molecule has 0 amide bonds. The van der Waals surface area contributed by atoms with E-state index in [1.807, 2.05) is 11.3 Å². The van der Waals surface area contributed by atoms with E-state index in [1.165, 1.54) is 48.1 Å². The van der Waals surface area contributed by atoms with Crippen molar-refractivity contribution in [2.24, 2.45) is 11.7 Å². The molecule has 1 aromatic rings. The normalized spacial score (nSPS) is 24.6. The molecule has 4 nitrogen and oxygen atoms in total. The number of aromatic nitrogens is 1. The van der Waals surface area contributed by atoms with E-state index in [-0.39, 0.29) is 6.04 Å². The maximum absolute atomic E-state index is 6.21. The van der Waals surface area contributed by atoms with E-state index in [4.69, 9.17) is 10.7 Å². The molecule has 2 aliphatic rings. The predicted octanol–water partition coefficient (Wildman–Crippen LogP) is 2.26. The first kappa shape index (κ1) is 14.3. The molecule has 1 aliphatic carbocycles. The van der Waals surface area contributed by atoms with Crippen molar-refractivity contribution in [1.29, 1.82) is 0 Å². The third-order valence-corrected chi connectivity index (χ3v) is 6.02. The number of aryl methyl sites for hydroxylation is 1. The van der Waals surface area contributed by atoms with Crippen molar-refractivity contribution < 1.29 is 0 Å². The monoisotopic (exact) mass is 294 g/mol. The summed E-state index contributed by atoms with van der Waals surface area (Å²) in [5.41, 5.74) is 7.47. The van der Waals surface area contributed by atoms with E-state index in [9.17, 15) is 0 Å². The van der Waals surface area contributed by atoms with Crippen LogP contribution in [-0.2, 0) is 6.42 Å². The predicted molar refractivity (Wildman–Crippen MR) is 85.5 cm³/mol. The fraction of sp³-hybridized carbons (Fsp3) is 0.800. The van der Waals surface area contributed by atoms with Gasteiger partial charge in [0.2, 0.25) is 0 Å². The number of nitrogens with two attached hydrogens (primary N) is 1. The molecule has 3 rings (SSSR count). The van der Waals surface area contributed by atoms with Gasteiger partial charge in [0.05, 0.1) is 5.69 Å². The van der Waals surface area contributed by atoms with Gasteiger partial charge in [0.15, 0.2) is 5.13 Å². The van der Waals surface area contributed by atoms with Crippen molar-refractivity contribution in [3.8, 4) is 0 Å². The third kappa shape index (κ3) is 3.00. The first-order chi connectivity index (χ1) is 9.63. The van der Waals surface area contributed by atoms with E-state index in [1.54, 1.807) is 0 Å². The molecule has 0 aromatic carbocycles. The number of thiazole rings is 1. The highest BCUT2D eigenvalue weighted by molar-refractivity contribution is 7.15.